The number of nitrogens with one attached hydrogen (secondary N) is 1. The molecule has 0 fully saturated rings. The zero-order chi connectivity index (χ0) is 20.7. The SMILES string of the molecule is COC(=O)/C=C(/Nc1ccc(C(=O)c2ccccc2)cc1[N+](=O)[O-])C(=O)OC. The van der Waals surface area contributed by atoms with Gasteiger partial charge in [0, 0.05) is 17.2 Å². The molecular formula is C19H16N2O7. The standard InChI is InChI=1S/C19H16N2O7/c1-27-17(22)11-15(19(24)28-2)20-14-9-8-13(10-16(14)21(25)26)18(23)12-6-4-3-5-7-12/h3-11,20H,1-2H3/b15-11+. The van der Waals surface area contributed by atoms with Crippen LogP contribution in [-0.2, 0) is 19.1 Å². The van der Waals surface area contributed by atoms with E-state index in [0.717, 1.165) is 26.4 Å². The monoisotopic (exact) mass is 384 g/mol. The van der Waals surface area contributed by atoms with E-state index in [9.17, 15) is 24.5 Å². The van der Waals surface area contributed by atoms with E-state index in [1.165, 1.54) is 12.1 Å². The number of hydrogen-bond acceptors (Lipinski definition) is 8. The van der Waals surface area contributed by atoms with Gasteiger partial charge in [0.1, 0.15) is 11.4 Å². The molecule has 1 N–H and O–H groups in total. The molecule has 9 nitrogen and oxygen atoms in total. The van der Waals surface area contributed by atoms with E-state index in [1.807, 2.05) is 0 Å². The Hall–Kier alpha value is -4.01. The summed E-state index contributed by atoms with van der Waals surface area (Å²) in [5, 5.41) is 13.9. The third kappa shape index (κ3) is 4.79. The van der Waals surface area contributed by atoms with Crippen LogP contribution >= 0.6 is 0 Å². The molecule has 0 atom stereocenters. The van der Waals surface area contributed by atoms with Gasteiger partial charge in [-0.1, -0.05) is 30.3 Å². The molecule has 0 amide bonds. The van der Waals surface area contributed by atoms with Crippen molar-refractivity contribution < 1.29 is 28.8 Å². The van der Waals surface area contributed by atoms with Crippen molar-refractivity contribution in [2.24, 2.45) is 0 Å². The van der Waals surface area contributed by atoms with E-state index < -0.39 is 28.3 Å². The number of anilines is 1. The molecule has 2 aromatic rings. The molecule has 0 spiro atoms. The largest absolute Gasteiger partial charge is 0.466 e. The van der Waals surface area contributed by atoms with Gasteiger partial charge in [-0.15, -0.1) is 0 Å². The Morgan fingerprint density at radius 1 is 1.00 bits per heavy atom. The van der Waals surface area contributed by atoms with Crippen molar-refractivity contribution in [3.63, 3.8) is 0 Å². The van der Waals surface area contributed by atoms with Crippen molar-refractivity contribution >= 4 is 29.1 Å². The number of methoxy groups -OCH3 is 2. The average molecular weight is 384 g/mol. The molecule has 28 heavy (non-hydrogen) atoms. The number of nitrogens with zero attached hydrogens (tertiary/aromatic N) is 1. The fourth-order valence-electron chi connectivity index (χ4n) is 2.26. The summed E-state index contributed by atoms with van der Waals surface area (Å²) in [5.41, 5.74) is -0.449. The van der Waals surface area contributed by atoms with Crippen LogP contribution in [0.15, 0.2) is 60.3 Å². The summed E-state index contributed by atoms with van der Waals surface area (Å²) in [6, 6.07) is 12.0. The Labute approximate surface area is 159 Å². The van der Waals surface area contributed by atoms with Gasteiger partial charge in [0.2, 0.25) is 0 Å². The van der Waals surface area contributed by atoms with Crippen LogP contribution < -0.4 is 5.32 Å². The van der Waals surface area contributed by atoms with Gasteiger partial charge in [-0.05, 0) is 12.1 Å². The summed E-state index contributed by atoms with van der Waals surface area (Å²) in [6.07, 6.45) is 0.804. The highest BCUT2D eigenvalue weighted by molar-refractivity contribution is 6.09. The highest BCUT2D eigenvalue weighted by Gasteiger charge is 2.21. The Balaban J connectivity index is 2.43. The van der Waals surface area contributed by atoms with Gasteiger partial charge < -0.3 is 14.8 Å². The van der Waals surface area contributed by atoms with Crippen molar-refractivity contribution in [3.8, 4) is 0 Å². The number of hydrogen-bond donors (Lipinski definition) is 1. The summed E-state index contributed by atoms with van der Waals surface area (Å²) in [7, 11) is 2.20. The van der Waals surface area contributed by atoms with Crippen LogP contribution in [0, 0.1) is 10.1 Å². The lowest BCUT2D eigenvalue weighted by Gasteiger charge is -2.10. The number of ether oxygens (including phenoxy) is 2. The Morgan fingerprint density at radius 3 is 2.25 bits per heavy atom. The lowest BCUT2D eigenvalue weighted by molar-refractivity contribution is -0.383. The van der Waals surface area contributed by atoms with E-state index in [4.69, 9.17) is 0 Å². The summed E-state index contributed by atoms with van der Waals surface area (Å²) >= 11 is 0. The molecule has 0 saturated heterocycles. The van der Waals surface area contributed by atoms with Crippen molar-refractivity contribution in [2.45, 2.75) is 0 Å². The zero-order valence-electron chi connectivity index (χ0n) is 15.0. The number of rotatable bonds is 7. The maximum atomic E-state index is 12.5. The molecule has 0 heterocycles. The van der Waals surface area contributed by atoms with Gasteiger partial charge in [0.15, 0.2) is 5.78 Å². The predicted octanol–water partition coefficient (Wildman–Crippen LogP) is 2.47. The third-order valence-corrected chi connectivity index (χ3v) is 3.63. The minimum atomic E-state index is -0.927. The first-order valence-corrected chi connectivity index (χ1v) is 7.90. The van der Waals surface area contributed by atoms with Gasteiger partial charge in [-0.2, -0.15) is 0 Å². The van der Waals surface area contributed by atoms with Crippen LogP contribution in [0.3, 0.4) is 0 Å². The quantitative estimate of drug-likeness (QED) is 0.254. The molecule has 0 saturated carbocycles. The molecule has 0 aromatic heterocycles. The molecule has 0 unspecified atom stereocenters. The number of carbonyl (C=O) groups is 3. The molecule has 0 radical (unpaired) electrons. The normalized spacial score (nSPS) is 10.7. The number of ketones is 1. The number of benzene rings is 2. The van der Waals surface area contributed by atoms with Crippen LogP contribution in [0.2, 0.25) is 0 Å². The van der Waals surface area contributed by atoms with Crippen molar-refractivity contribution in [1.29, 1.82) is 0 Å². The van der Waals surface area contributed by atoms with E-state index in [1.54, 1.807) is 30.3 Å². The van der Waals surface area contributed by atoms with Gasteiger partial charge >= 0.3 is 11.9 Å². The lowest BCUT2D eigenvalue weighted by Crippen LogP contribution is -2.16. The maximum Gasteiger partial charge on any atom is 0.354 e. The highest BCUT2D eigenvalue weighted by atomic mass is 16.6. The van der Waals surface area contributed by atoms with Gasteiger partial charge in [-0.3, -0.25) is 14.9 Å². The summed E-state index contributed by atoms with van der Waals surface area (Å²) in [5.74, 6) is -2.18. The molecule has 144 valence electrons. The maximum absolute atomic E-state index is 12.5. The van der Waals surface area contributed by atoms with Crippen molar-refractivity contribution in [3.05, 3.63) is 81.5 Å². The smallest absolute Gasteiger partial charge is 0.354 e. The van der Waals surface area contributed by atoms with E-state index >= 15 is 0 Å². The minimum Gasteiger partial charge on any atom is -0.466 e. The predicted molar refractivity (Wildman–Crippen MR) is 98.7 cm³/mol. The Morgan fingerprint density at radius 2 is 1.68 bits per heavy atom. The first-order valence-electron chi connectivity index (χ1n) is 7.90. The average Bonchev–Trinajstić information content (AvgIpc) is 2.72. The molecule has 0 aliphatic rings. The molecule has 2 aromatic carbocycles. The highest BCUT2D eigenvalue weighted by Crippen LogP contribution is 2.28. The molecular weight excluding hydrogens is 368 g/mol. The first kappa shape index (κ1) is 20.3. The fraction of sp³-hybridized carbons (Fsp3) is 0.105. The second kappa shape index (κ2) is 9.08. The number of nitro benzene ring substituents is 1. The topological polar surface area (TPSA) is 125 Å². The number of esters is 2. The van der Waals surface area contributed by atoms with Gasteiger partial charge in [0.05, 0.1) is 25.2 Å². The molecule has 9 heteroatoms. The number of nitro groups is 1. The van der Waals surface area contributed by atoms with Crippen LogP contribution in [0.4, 0.5) is 11.4 Å². The zero-order valence-corrected chi connectivity index (χ0v) is 15.0. The fourth-order valence-corrected chi connectivity index (χ4v) is 2.26. The second-order valence-electron chi connectivity index (χ2n) is 5.38. The number of carbonyl (C=O) groups excluding carboxylic acids is 3. The first-order chi connectivity index (χ1) is 13.4. The molecule has 0 bridgehead atoms. The second-order valence-corrected chi connectivity index (χ2v) is 5.38. The summed E-state index contributed by atoms with van der Waals surface area (Å²) in [6.45, 7) is 0. The van der Waals surface area contributed by atoms with Gasteiger partial charge in [0.25, 0.3) is 5.69 Å². The van der Waals surface area contributed by atoms with Crippen LogP contribution in [-0.4, -0.2) is 36.9 Å². The Bertz CT molecular complexity index is 952. The van der Waals surface area contributed by atoms with Crippen LogP contribution in [0.25, 0.3) is 0 Å². The molecule has 0 aliphatic heterocycles. The van der Waals surface area contributed by atoms with Crippen molar-refractivity contribution in [2.75, 3.05) is 19.5 Å². The van der Waals surface area contributed by atoms with E-state index in [-0.39, 0.29) is 16.9 Å². The van der Waals surface area contributed by atoms with Crippen molar-refractivity contribution in [1.82, 2.24) is 0 Å². The summed E-state index contributed by atoms with van der Waals surface area (Å²) < 4.78 is 9.00. The van der Waals surface area contributed by atoms with Crippen LogP contribution in [0.1, 0.15) is 15.9 Å². The lowest BCUT2D eigenvalue weighted by atomic mass is 10.0. The summed E-state index contributed by atoms with van der Waals surface area (Å²) in [4.78, 5) is 46.5. The van der Waals surface area contributed by atoms with Gasteiger partial charge in [-0.25, -0.2) is 9.59 Å². The molecule has 0 aliphatic carbocycles. The van der Waals surface area contributed by atoms with Crippen LogP contribution in [0.5, 0.6) is 0 Å². The van der Waals surface area contributed by atoms with E-state index in [2.05, 4.69) is 14.8 Å². The Kier molecular flexibility index (Phi) is 6.58. The third-order valence-electron chi connectivity index (χ3n) is 3.63. The van der Waals surface area contributed by atoms with E-state index in [0.29, 0.717) is 5.56 Å². The molecule has 2 rings (SSSR count). The minimum absolute atomic E-state index is 0.0972.